The molecular weight excluding hydrogens is 299 g/mol. The first-order valence-corrected chi connectivity index (χ1v) is 7.47. The number of rotatable bonds is 5. The smallest absolute Gasteiger partial charge is 0.490 e. The fourth-order valence-electron chi connectivity index (χ4n) is 4.00. The van der Waals surface area contributed by atoms with Crippen molar-refractivity contribution in [2.75, 3.05) is 6.61 Å². The van der Waals surface area contributed by atoms with Crippen LogP contribution < -0.4 is 10.5 Å². The van der Waals surface area contributed by atoms with E-state index in [9.17, 15) is 13.2 Å². The summed E-state index contributed by atoms with van der Waals surface area (Å²) in [6.45, 7) is 0.400. The Morgan fingerprint density at radius 1 is 1.32 bits per heavy atom. The Morgan fingerprint density at radius 2 is 2.00 bits per heavy atom. The molecule has 8 heteroatoms. The first-order valence-electron chi connectivity index (χ1n) is 7.47. The second-order valence-electron chi connectivity index (χ2n) is 7.07. The van der Waals surface area contributed by atoms with Crippen LogP contribution in [0.1, 0.15) is 32.1 Å². The third kappa shape index (κ3) is 2.38. The average molecular weight is 317 g/mol. The molecule has 4 aliphatic rings. The topological polar surface area (TPSA) is 62.3 Å². The minimum Gasteiger partial charge on any atom is -0.490 e. The molecule has 1 aromatic heterocycles. The molecule has 4 saturated carbocycles. The number of alkyl halides is 3. The second kappa shape index (κ2) is 4.38. The maximum atomic E-state index is 12.0. The van der Waals surface area contributed by atoms with Crippen molar-refractivity contribution in [1.82, 2.24) is 9.78 Å². The Bertz CT molecular complexity index is 560. The summed E-state index contributed by atoms with van der Waals surface area (Å²) in [6, 6.07) is 0. The molecule has 0 unspecified atom stereocenters. The number of halogens is 3. The van der Waals surface area contributed by atoms with Crippen LogP contribution in [0.2, 0.25) is 0 Å². The fraction of sp³-hybridized carbons (Fsp3) is 0.786. The van der Waals surface area contributed by atoms with Crippen molar-refractivity contribution in [2.24, 2.45) is 11.7 Å². The van der Waals surface area contributed by atoms with E-state index in [4.69, 9.17) is 10.5 Å². The predicted molar refractivity (Wildman–Crippen MR) is 70.1 cm³/mol. The molecule has 4 fully saturated rings. The lowest BCUT2D eigenvalue weighted by molar-refractivity contribution is -0.354. The van der Waals surface area contributed by atoms with Gasteiger partial charge in [-0.05, 0) is 38.0 Å². The quantitative estimate of drug-likeness (QED) is 0.904. The van der Waals surface area contributed by atoms with Gasteiger partial charge in [-0.2, -0.15) is 5.10 Å². The Balaban J connectivity index is 1.22. The summed E-state index contributed by atoms with van der Waals surface area (Å²) in [5, 5.41) is 4.33. The van der Waals surface area contributed by atoms with Gasteiger partial charge in [0.05, 0.1) is 30.6 Å². The van der Waals surface area contributed by atoms with Crippen molar-refractivity contribution in [1.29, 1.82) is 0 Å². The second-order valence-corrected chi connectivity index (χ2v) is 7.07. The van der Waals surface area contributed by atoms with E-state index in [0.29, 0.717) is 25.2 Å². The fourth-order valence-corrected chi connectivity index (χ4v) is 4.00. The third-order valence-electron chi connectivity index (χ3n) is 5.07. The van der Waals surface area contributed by atoms with Crippen molar-refractivity contribution in [3.63, 3.8) is 0 Å². The van der Waals surface area contributed by atoms with Crippen LogP contribution in [0, 0.1) is 5.92 Å². The first kappa shape index (κ1) is 14.3. The number of nitrogens with zero attached hydrogens (tertiary/aromatic N) is 2. The first-order chi connectivity index (χ1) is 10.3. The molecule has 1 heterocycles. The number of ether oxygens (including phenoxy) is 2. The van der Waals surface area contributed by atoms with Crippen LogP contribution in [0.5, 0.6) is 5.75 Å². The summed E-state index contributed by atoms with van der Waals surface area (Å²) in [4.78, 5) is 0. The van der Waals surface area contributed by atoms with Crippen LogP contribution in [0.3, 0.4) is 0 Å². The number of nitrogens with two attached hydrogens (primary N) is 1. The van der Waals surface area contributed by atoms with Gasteiger partial charge in [-0.25, -0.2) is 0 Å². The zero-order valence-electron chi connectivity index (χ0n) is 12.0. The van der Waals surface area contributed by atoms with Gasteiger partial charge in [-0.15, -0.1) is 13.2 Å². The van der Waals surface area contributed by atoms with Gasteiger partial charge in [0.25, 0.3) is 0 Å². The molecule has 2 bridgehead atoms. The van der Waals surface area contributed by atoms with Crippen LogP contribution in [0.15, 0.2) is 12.4 Å². The molecule has 0 amide bonds. The van der Waals surface area contributed by atoms with E-state index in [1.165, 1.54) is 0 Å². The summed E-state index contributed by atoms with van der Waals surface area (Å²) >= 11 is 0. The number of hydrogen-bond donors (Lipinski definition) is 1. The molecule has 0 aromatic carbocycles. The molecule has 1 aromatic rings. The van der Waals surface area contributed by atoms with Gasteiger partial charge >= 0.3 is 6.36 Å². The van der Waals surface area contributed by atoms with E-state index in [1.54, 1.807) is 6.20 Å². The van der Waals surface area contributed by atoms with Gasteiger partial charge < -0.3 is 10.5 Å². The van der Waals surface area contributed by atoms with E-state index in [1.807, 2.05) is 10.9 Å². The molecule has 122 valence electrons. The molecule has 5 nitrogen and oxygen atoms in total. The lowest BCUT2D eigenvalue weighted by Crippen LogP contribution is -2.76. The maximum Gasteiger partial charge on any atom is 0.522 e. The van der Waals surface area contributed by atoms with Crippen molar-refractivity contribution in [2.45, 2.75) is 55.6 Å². The Labute approximate surface area is 125 Å². The summed E-state index contributed by atoms with van der Waals surface area (Å²) in [5.41, 5.74) is 6.14. The summed E-state index contributed by atoms with van der Waals surface area (Å²) in [5.74, 6) is 0.772. The highest BCUT2D eigenvalue weighted by Crippen LogP contribution is 2.63. The van der Waals surface area contributed by atoms with Crippen LogP contribution in [-0.4, -0.2) is 34.4 Å². The Morgan fingerprint density at radius 3 is 2.59 bits per heavy atom. The van der Waals surface area contributed by atoms with Gasteiger partial charge in [0.1, 0.15) is 0 Å². The maximum absolute atomic E-state index is 12.0. The molecule has 2 N–H and O–H groups in total. The molecule has 0 aliphatic heterocycles. The van der Waals surface area contributed by atoms with E-state index in [0.717, 1.165) is 19.3 Å². The summed E-state index contributed by atoms with van der Waals surface area (Å²) < 4.78 is 47.6. The molecule has 22 heavy (non-hydrogen) atoms. The normalized spacial score (nSPS) is 39.6. The molecule has 0 spiro atoms. The number of aromatic nitrogens is 2. The Kier molecular flexibility index (Phi) is 2.85. The lowest BCUT2D eigenvalue weighted by Gasteiger charge is -2.68. The van der Waals surface area contributed by atoms with Crippen molar-refractivity contribution < 1.29 is 22.6 Å². The number of hydrogen-bond acceptors (Lipinski definition) is 4. The zero-order valence-corrected chi connectivity index (χ0v) is 12.0. The molecular formula is C14H18F3N3O2. The molecule has 5 rings (SSSR count). The minimum absolute atomic E-state index is 0.0202. The molecule has 4 aliphatic carbocycles. The van der Waals surface area contributed by atoms with Crippen LogP contribution in [0.25, 0.3) is 0 Å². The molecule has 0 radical (unpaired) electrons. The van der Waals surface area contributed by atoms with E-state index in [-0.39, 0.29) is 17.0 Å². The van der Waals surface area contributed by atoms with Crippen LogP contribution >= 0.6 is 0 Å². The SMILES string of the molecule is NC12CC(n3cc(OC[C@H]4C[C@@H](OC(F)(F)F)C4)cn3)(C1)C2. The van der Waals surface area contributed by atoms with Crippen molar-refractivity contribution in [3.8, 4) is 5.75 Å². The van der Waals surface area contributed by atoms with E-state index >= 15 is 0 Å². The highest BCUT2D eigenvalue weighted by Gasteiger charge is 2.67. The van der Waals surface area contributed by atoms with Crippen LogP contribution in [-0.2, 0) is 10.3 Å². The van der Waals surface area contributed by atoms with Gasteiger partial charge in [0.15, 0.2) is 5.75 Å². The van der Waals surface area contributed by atoms with Crippen LogP contribution in [0.4, 0.5) is 13.2 Å². The molecule has 0 atom stereocenters. The van der Waals surface area contributed by atoms with E-state index < -0.39 is 12.5 Å². The molecule has 0 saturated heterocycles. The monoisotopic (exact) mass is 317 g/mol. The third-order valence-corrected chi connectivity index (χ3v) is 5.07. The highest BCUT2D eigenvalue weighted by molar-refractivity contribution is 5.27. The lowest BCUT2D eigenvalue weighted by atomic mass is 9.45. The zero-order chi connectivity index (χ0) is 15.6. The van der Waals surface area contributed by atoms with Gasteiger partial charge in [0, 0.05) is 5.54 Å². The van der Waals surface area contributed by atoms with Gasteiger partial charge in [-0.1, -0.05) is 0 Å². The highest BCUT2D eigenvalue weighted by atomic mass is 19.4. The van der Waals surface area contributed by atoms with Gasteiger partial charge in [0.2, 0.25) is 0 Å². The summed E-state index contributed by atoms with van der Waals surface area (Å²) in [7, 11) is 0. The van der Waals surface area contributed by atoms with Gasteiger partial charge in [-0.3, -0.25) is 9.42 Å². The van der Waals surface area contributed by atoms with E-state index in [2.05, 4.69) is 9.84 Å². The standard InChI is InChI=1S/C14H18F3N3O2/c15-14(16,17)22-10-1-9(2-10)5-21-11-3-19-20(4-11)13-6-12(18,7-13)8-13/h3-4,9-10H,1-2,5-8,18H2/t9-,10+,12?,13?. The largest absolute Gasteiger partial charge is 0.522 e. The Hall–Kier alpha value is -1.28. The van der Waals surface area contributed by atoms with Crippen molar-refractivity contribution >= 4 is 0 Å². The van der Waals surface area contributed by atoms with Crippen molar-refractivity contribution in [3.05, 3.63) is 12.4 Å². The minimum atomic E-state index is -4.54. The predicted octanol–water partition coefficient (Wildman–Crippen LogP) is 2.17. The average Bonchev–Trinajstić information content (AvgIpc) is 2.73. The summed E-state index contributed by atoms with van der Waals surface area (Å²) in [6.07, 6.45) is 1.90.